The van der Waals surface area contributed by atoms with Crippen molar-refractivity contribution in [2.45, 2.75) is 180 Å². The molecule has 1 heterocycles. The number of rotatable bonds is 10. The Kier molecular flexibility index (Phi) is 16.0. The van der Waals surface area contributed by atoms with Crippen molar-refractivity contribution in [1.29, 1.82) is 0 Å². The van der Waals surface area contributed by atoms with Crippen LogP contribution in [0.4, 0.5) is 19.2 Å². The van der Waals surface area contributed by atoms with Crippen LogP contribution in [-0.2, 0) is 33.2 Å². The Labute approximate surface area is 311 Å². The number of carbonyl (C=O) groups excluding carboxylic acids is 4. The van der Waals surface area contributed by atoms with Gasteiger partial charge in [-0.1, -0.05) is 0 Å². The maximum absolute atomic E-state index is 13.1. The molecule has 19 heteroatoms. The number of amides is 4. The quantitative estimate of drug-likeness (QED) is 0.116. The Hall–Kier alpha value is -3.20. The van der Waals surface area contributed by atoms with Crippen LogP contribution in [0.2, 0.25) is 0 Å². The molecule has 10 atom stereocenters. The fourth-order valence-electron chi connectivity index (χ4n) is 5.41. The molecule has 19 nitrogen and oxygen atoms in total. The molecule has 308 valence electrons. The molecule has 0 bridgehead atoms. The normalized spacial score (nSPS) is 28.9. The first-order chi connectivity index (χ1) is 24.1. The lowest BCUT2D eigenvalue weighted by Crippen LogP contribution is -2.68. The lowest BCUT2D eigenvalue weighted by atomic mass is 9.83. The highest BCUT2D eigenvalue weighted by Gasteiger charge is 2.51. The molecule has 0 aromatic heterocycles. The molecule has 2 fully saturated rings. The second-order valence-corrected chi connectivity index (χ2v) is 17.1. The van der Waals surface area contributed by atoms with Gasteiger partial charge in [-0.15, -0.1) is 0 Å². The van der Waals surface area contributed by atoms with E-state index < -0.39 is 115 Å². The van der Waals surface area contributed by atoms with Gasteiger partial charge in [0.2, 0.25) is 0 Å². The molecule has 2 aliphatic rings. The monoisotopic (exact) mass is 766 g/mol. The highest BCUT2D eigenvalue weighted by molar-refractivity contribution is 5.70. The fourth-order valence-corrected chi connectivity index (χ4v) is 5.41. The Bertz CT molecular complexity index is 1230. The van der Waals surface area contributed by atoms with E-state index in [2.05, 4.69) is 21.3 Å². The number of nitrogens with one attached hydrogen (secondary N) is 4. The summed E-state index contributed by atoms with van der Waals surface area (Å²) in [6.45, 7) is 18.7. The zero-order chi connectivity index (χ0) is 40.7. The minimum atomic E-state index is -1.81. The number of carbonyl (C=O) groups is 4. The third-order valence-electron chi connectivity index (χ3n) is 7.25. The third-order valence-corrected chi connectivity index (χ3v) is 7.25. The summed E-state index contributed by atoms with van der Waals surface area (Å²) in [7, 11) is 0. The van der Waals surface area contributed by atoms with Crippen LogP contribution < -0.4 is 21.3 Å². The van der Waals surface area contributed by atoms with Crippen LogP contribution in [-0.4, -0.2) is 142 Å². The van der Waals surface area contributed by atoms with E-state index in [1.165, 1.54) is 0 Å². The summed E-state index contributed by atoms with van der Waals surface area (Å²) in [5.41, 5.74) is -3.55. The van der Waals surface area contributed by atoms with E-state index in [4.69, 9.17) is 33.2 Å². The van der Waals surface area contributed by atoms with Crippen molar-refractivity contribution < 1.29 is 72.8 Å². The highest BCUT2D eigenvalue weighted by atomic mass is 16.7. The van der Waals surface area contributed by atoms with Gasteiger partial charge < -0.3 is 74.9 Å². The molecule has 1 saturated heterocycles. The van der Waals surface area contributed by atoms with Gasteiger partial charge in [0, 0.05) is 13.0 Å². The second kappa shape index (κ2) is 18.4. The van der Waals surface area contributed by atoms with Crippen molar-refractivity contribution in [3.8, 4) is 0 Å². The Morgan fingerprint density at radius 3 is 1.51 bits per heavy atom. The predicted octanol–water partition coefficient (Wildman–Crippen LogP) is 1.51. The number of alkyl carbamates (subject to hydrolysis) is 4. The van der Waals surface area contributed by atoms with Crippen molar-refractivity contribution in [2.75, 3.05) is 13.2 Å². The SMILES string of the molecule is CC(C)(C)OC(=O)NCC1OC(OC2C(NC(=O)OC(C)(C)C)CC(NC(=O)OC(C)(C)C)C(OC(O)CO)C2O)C(NC(=O)OC(C)(C)C)CC1O. The molecule has 1 aliphatic heterocycles. The maximum atomic E-state index is 13.1. The van der Waals surface area contributed by atoms with Gasteiger partial charge in [-0.25, -0.2) is 19.2 Å². The number of ether oxygens (including phenoxy) is 7. The lowest BCUT2D eigenvalue weighted by Gasteiger charge is -2.48. The number of aliphatic hydroxyl groups is 4. The van der Waals surface area contributed by atoms with Crippen LogP contribution in [0.15, 0.2) is 0 Å². The standard InChI is InChI=1S/C34H62N4O15/c1-31(2,3)50-27(43)35-15-21-20(40)14-19(38-30(46)53-34(10,11)12)26(47-21)49-25-18(37-29(45)52-33(7,8)9)13-17(36-28(44)51-32(4,5)6)24(23(25)42)48-22(41)16-39/h17-26,39-42H,13-16H2,1-12H3,(H,35,43)(H,36,44)(H,37,45)(H,38,46). The average molecular weight is 767 g/mol. The first-order valence-electron chi connectivity index (χ1n) is 17.6. The first-order valence-corrected chi connectivity index (χ1v) is 17.6. The van der Waals surface area contributed by atoms with E-state index in [0.29, 0.717) is 0 Å². The van der Waals surface area contributed by atoms with E-state index in [-0.39, 0.29) is 19.4 Å². The zero-order valence-electron chi connectivity index (χ0n) is 32.9. The smallest absolute Gasteiger partial charge is 0.408 e. The summed E-state index contributed by atoms with van der Waals surface area (Å²) in [6, 6.07) is -3.43. The van der Waals surface area contributed by atoms with E-state index in [9.17, 15) is 39.6 Å². The zero-order valence-corrected chi connectivity index (χ0v) is 32.9. The van der Waals surface area contributed by atoms with Crippen LogP contribution in [0, 0.1) is 0 Å². The van der Waals surface area contributed by atoms with E-state index in [1.54, 1.807) is 83.1 Å². The summed E-state index contributed by atoms with van der Waals surface area (Å²) in [5, 5.41) is 53.1. The molecule has 2 rings (SSSR count). The molecule has 0 radical (unpaired) electrons. The molecule has 0 aromatic rings. The van der Waals surface area contributed by atoms with Crippen LogP contribution in [0.1, 0.15) is 95.9 Å². The molecule has 4 amide bonds. The largest absolute Gasteiger partial charge is 0.444 e. The lowest BCUT2D eigenvalue weighted by molar-refractivity contribution is -0.284. The van der Waals surface area contributed by atoms with Gasteiger partial charge in [0.05, 0.1) is 30.8 Å². The number of hydrogen-bond acceptors (Lipinski definition) is 15. The second-order valence-electron chi connectivity index (χ2n) is 17.1. The Balaban J connectivity index is 2.53. The molecule has 1 aliphatic carbocycles. The Morgan fingerprint density at radius 1 is 0.660 bits per heavy atom. The van der Waals surface area contributed by atoms with Crippen molar-refractivity contribution in [2.24, 2.45) is 0 Å². The van der Waals surface area contributed by atoms with Gasteiger partial charge in [0.25, 0.3) is 0 Å². The number of aliphatic hydroxyl groups excluding tert-OH is 4. The van der Waals surface area contributed by atoms with Crippen LogP contribution in [0.25, 0.3) is 0 Å². The van der Waals surface area contributed by atoms with Gasteiger partial charge in [0.15, 0.2) is 12.6 Å². The fraction of sp³-hybridized carbons (Fsp3) is 0.882. The summed E-state index contributed by atoms with van der Waals surface area (Å²) in [4.78, 5) is 51.3. The minimum Gasteiger partial charge on any atom is -0.444 e. The van der Waals surface area contributed by atoms with Crippen molar-refractivity contribution in [3.63, 3.8) is 0 Å². The third kappa shape index (κ3) is 16.8. The summed E-state index contributed by atoms with van der Waals surface area (Å²) >= 11 is 0. The van der Waals surface area contributed by atoms with Gasteiger partial charge >= 0.3 is 24.4 Å². The topological polar surface area (TPSA) is 262 Å². The minimum absolute atomic E-state index is 0.177. The molecular weight excluding hydrogens is 704 g/mol. The van der Waals surface area contributed by atoms with Crippen LogP contribution in [0.5, 0.6) is 0 Å². The molecule has 0 spiro atoms. The molecule has 1 saturated carbocycles. The average Bonchev–Trinajstić information content (AvgIpc) is 2.93. The van der Waals surface area contributed by atoms with Gasteiger partial charge in [-0.05, 0) is 89.5 Å². The Morgan fingerprint density at radius 2 is 1.08 bits per heavy atom. The molecule has 53 heavy (non-hydrogen) atoms. The molecule has 8 N–H and O–H groups in total. The summed E-state index contributed by atoms with van der Waals surface area (Å²) in [6.07, 6.45) is -14.2. The van der Waals surface area contributed by atoms with Crippen molar-refractivity contribution >= 4 is 24.4 Å². The van der Waals surface area contributed by atoms with Crippen molar-refractivity contribution in [1.82, 2.24) is 21.3 Å². The highest BCUT2D eigenvalue weighted by Crippen LogP contribution is 2.31. The van der Waals surface area contributed by atoms with Crippen LogP contribution >= 0.6 is 0 Å². The maximum Gasteiger partial charge on any atom is 0.408 e. The molecular formula is C34H62N4O15. The molecule has 10 unspecified atom stereocenters. The van der Waals surface area contributed by atoms with Crippen LogP contribution in [0.3, 0.4) is 0 Å². The molecule has 0 aromatic carbocycles. The summed E-state index contributed by atoms with van der Waals surface area (Å²) in [5.74, 6) is 0. The predicted molar refractivity (Wildman–Crippen MR) is 186 cm³/mol. The van der Waals surface area contributed by atoms with E-state index in [0.717, 1.165) is 0 Å². The van der Waals surface area contributed by atoms with Crippen molar-refractivity contribution in [3.05, 3.63) is 0 Å². The summed E-state index contributed by atoms with van der Waals surface area (Å²) < 4.78 is 39.5. The van der Waals surface area contributed by atoms with Gasteiger partial charge in [-0.3, -0.25) is 0 Å². The van der Waals surface area contributed by atoms with Gasteiger partial charge in [-0.2, -0.15) is 0 Å². The first kappa shape index (κ1) is 46.0. The van der Waals surface area contributed by atoms with Gasteiger partial charge in [0.1, 0.15) is 46.8 Å². The number of hydrogen-bond donors (Lipinski definition) is 8. The van der Waals surface area contributed by atoms with E-state index in [1.807, 2.05) is 0 Å². The van der Waals surface area contributed by atoms with E-state index >= 15 is 0 Å².